The molecule has 0 saturated carbocycles. The number of aromatic amines is 1. The molecule has 0 aliphatic carbocycles. The Morgan fingerprint density at radius 2 is 2.32 bits per heavy atom. The van der Waals surface area contributed by atoms with E-state index in [0.717, 1.165) is 49.4 Å². The van der Waals surface area contributed by atoms with E-state index in [2.05, 4.69) is 21.2 Å². The van der Waals surface area contributed by atoms with Gasteiger partial charge in [0, 0.05) is 24.7 Å². The first-order valence-corrected chi connectivity index (χ1v) is 7.58. The Morgan fingerprint density at radius 1 is 1.45 bits per heavy atom. The molecule has 1 aromatic heterocycles. The maximum absolute atomic E-state index is 13.4. The molecular weight excluding hydrogens is 279 g/mol. The van der Waals surface area contributed by atoms with Crippen LogP contribution in [-0.4, -0.2) is 28.2 Å². The van der Waals surface area contributed by atoms with Gasteiger partial charge in [0.1, 0.15) is 11.9 Å². The number of hydrogen-bond donors (Lipinski definition) is 1. The highest BCUT2D eigenvalue weighted by molar-refractivity contribution is 5.34. The fourth-order valence-corrected chi connectivity index (χ4v) is 3.10. The van der Waals surface area contributed by atoms with Crippen LogP contribution >= 0.6 is 0 Å². The Hall–Kier alpha value is -2.19. The van der Waals surface area contributed by atoms with Crippen molar-refractivity contribution in [3.05, 3.63) is 52.6 Å². The van der Waals surface area contributed by atoms with E-state index in [1.807, 2.05) is 13.0 Å². The lowest BCUT2D eigenvalue weighted by Gasteiger charge is -2.32. The quantitative estimate of drug-likeness (QED) is 0.947. The lowest BCUT2D eigenvalue weighted by Crippen LogP contribution is -2.34. The van der Waals surface area contributed by atoms with Crippen molar-refractivity contribution in [2.45, 2.75) is 32.2 Å². The lowest BCUT2D eigenvalue weighted by atomic mass is 9.94. The number of piperidine rings is 1. The fourth-order valence-electron chi connectivity index (χ4n) is 3.10. The van der Waals surface area contributed by atoms with Crippen molar-refractivity contribution in [3.8, 4) is 6.07 Å². The standard InChI is InChI=1S/C17H19FN4/c1-12-7-17(21-20-12)14-3-2-6-22(11-14)10-13-4-5-16(18)15(8-13)9-19/h4-5,7-8,14H,2-3,6,10-11H2,1H3,(H,20,21). The molecule has 3 rings (SSSR count). The Kier molecular flexibility index (Phi) is 4.21. The maximum Gasteiger partial charge on any atom is 0.140 e. The molecule has 1 fully saturated rings. The van der Waals surface area contributed by atoms with Crippen LogP contribution in [0.1, 0.15) is 41.3 Å². The molecular formula is C17H19FN4. The van der Waals surface area contributed by atoms with E-state index in [4.69, 9.17) is 5.26 Å². The number of nitrogens with zero attached hydrogens (tertiary/aromatic N) is 3. The van der Waals surface area contributed by atoms with Crippen LogP contribution in [-0.2, 0) is 6.54 Å². The van der Waals surface area contributed by atoms with E-state index >= 15 is 0 Å². The van der Waals surface area contributed by atoms with Crippen LogP contribution in [0.4, 0.5) is 4.39 Å². The Labute approximate surface area is 129 Å². The van der Waals surface area contributed by atoms with E-state index in [1.165, 1.54) is 6.07 Å². The number of benzene rings is 1. The van der Waals surface area contributed by atoms with Gasteiger partial charge in [-0.2, -0.15) is 10.4 Å². The van der Waals surface area contributed by atoms with Gasteiger partial charge in [-0.05, 0) is 50.1 Å². The van der Waals surface area contributed by atoms with Gasteiger partial charge in [0.2, 0.25) is 0 Å². The molecule has 2 aromatic rings. The highest BCUT2D eigenvalue weighted by Gasteiger charge is 2.23. The third kappa shape index (κ3) is 3.18. The summed E-state index contributed by atoms with van der Waals surface area (Å²) in [6.45, 7) is 4.73. The first-order chi connectivity index (χ1) is 10.7. The highest BCUT2D eigenvalue weighted by atomic mass is 19.1. The van der Waals surface area contributed by atoms with Crippen molar-refractivity contribution < 1.29 is 4.39 Å². The second-order valence-electron chi connectivity index (χ2n) is 5.98. The monoisotopic (exact) mass is 298 g/mol. The molecule has 1 aliphatic rings. The van der Waals surface area contributed by atoms with Crippen LogP contribution in [0.2, 0.25) is 0 Å². The first kappa shape index (κ1) is 14.7. The van der Waals surface area contributed by atoms with Crippen molar-refractivity contribution >= 4 is 0 Å². The number of rotatable bonds is 3. The average molecular weight is 298 g/mol. The summed E-state index contributed by atoms with van der Waals surface area (Å²) in [4.78, 5) is 2.35. The number of aromatic nitrogens is 2. The third-order valence-electron chi connectivity index (χ3n) is 4.21. The third-order valence-corrected chi connectivity index (χ3v) is 4.21. The average Bonchev–Trinajstić information content (AvgIpc) is 2.96. The normalized spacial score (nSPS) is 19.0. The van der Waals surface area contributed by atoms with Crippen LogP contribution in [0.25, 0.3) is 0 Å². The summed E-state index contributed by atoms with van der Waals surface area (Å²) in [5.74, 6) is -0.00986. The van der Waals surface area contributed by atoms with Crippen molar-refractivity contribution in [1.82, 2.24) is 15.1 Å². The summed E-state index contributed by atoms with van der Waals surface area (Å²) in [6.07, 6.45) is 2.27. The lowest BCUT2D eigenvalue weighted by molar-refractivity contribution is 0.198. The van der Waals surface area contributed by atoms with Gasteiger partial charge in [-0.25, -0.2) is 4.39 Å². The van der Waals surface area contributed by atoms with Crippen LogP contribution in [0.5, 0.6) is 0 Å². The Bertz CT molecular complexity index is 701. The van der Waals surface area contributed by atoms with Crippen LogP contribution in [0.3, 0.4) is 0 Å². The zero-order valence-electron chi connectivity index (χ0n) is 12.6. The molecule has 0 spiro atoms. The summed E-state index contributed by atoms with van der Waals surface area (Å²) >= 11 is 0. The highest BCUT2D eigenvalue weighted by Crippen LogP contribution is 2.27. The second kappa shape index (κ2) is 6.29. The SMILES string of the molecule is Cc1cc(C2CCCN(Cc3ccc(F)c(C#N)c3)C2)n[nH]1. The van der Waals surface area contributed by atoms with E-state index < -0.39 is 5.82 Å². The van der Waals surface area contributed by atoms with Crippen molar-refractivity contribution in [1.29, 1.82) is 5.26 Å². The number of nitrogens with one attached hydrogen (secondary N) is 1. The molecule has 22 heavy (non-hydrogen) atoms. The van der Waals surface area contributed by atoms with Crippen molar-refractivity contribution in [2.75, 3.05) is 13.1 Å². The minimum absolute atomic E-state index is 0.119. The molecule has 5 heteroatoms. The molecule has 2 heterocycles. The van der Waals surface area contributed by atoms with Crippen molar-refractivity contribution in [3.63, 3.8) is 0 Å². The molecule has 1 unspecified atom stereocenters. The summed E-state index contributed by atoms with van der Waals surface area (Å²) < 4.78 is 13.4. The Morgan fingerprint density at radius 3 is 3.05 bits per heavy atom. The number of H-pyrrole nitrogens is 1. The van der Waals surface area contributed by atoms with Gasteiger partial charge in [0.15, 0.2) is 0 Å². The largest absolute Gasteiger partial charge is 0.298 e. The number of nitriles is 1. The minimum atomic E-state index is -0.449. The summed E-state index contributed by atoms with van der Waals surface area (Å²) in [5.41, 5.74) is 3.31. The summed E-state index contributed by atoms with van der Waals surface area (Å²) in [6, 6.07) is 8.81. The van der Waals surface area contributed by atoms with Crippen molar-refractivity contribution in [2.24, 2.45) is 0 Å². The maximum atomic E-state index is 13.4. The van der Waals surface area contributed by atoms with Gasteiger partial charge >= 0.3 is 0 Å². The van der Waals surface area contributed by atoms with Crippen LogP contribution < -0.4 is 0 Å². The van der Waals surface area contributed by atoms with E-state index in [-0.39, 0.29) is 5.56 Å². The molecule has 0 amide bonds. The zero-order chi connectivity index (χ0) is 15.5. The van der Waals surface area contributed by atoms with Gasteiger partial charge in [-0.15, -0.1) is 0 Å². The Balaban J connectivity index is 1.69. The predicted molar refractivity (Wildman–Crippen MR) is 81.7 cm³/mol. The van der Waals surface area contributed by atoms with Gasteiger partial charge in [0.25, 0.3) is 0 Å². The zero-order valence-corrected chi connectivity index (χ0v) is 12.6. The minimum Gasteiger partial charge on any atom is -0.298 e. The van der Waals surface area contributed by atoms with Gasteiger partial charge < -0.3 is 0 Å². The fraction of sp³-hybridized carbons (Fsp3) is 0.412. The summed E-state index contributed by atoms with van der Waals surface area (Å²) in [7, 11) is 0. The number of hydrogen-bond acceptors (Lipinski definition) is 3. The first-order valence-electron chi connectivity index (χ1n) is 7.58. The van der Waals surface area contributed by atoms with Crippen LogP contribution in [0, 0.1) is 24.1 Å². The number of halogens is 1. The molecule has 0 radical (unpaired) electrons. The van der Waals surface area contributed by atoms with E-state index in [1.54, 1.807) is 12.1 Å². The van der Waals surface area contributed by atoms with Gasteiger partial charge in [-0.3, -0.25) is 10.00 Å². The van der Waals surface area contributed by atoms with E-state index in [0.29, 0.717) is 5.92 Å². The second-order valence-corrected chi connectivity index (χ2v) is 5.98. The molecule has 1 saturated heterocycles. The molecule has 1 N–H and O–H groups in total. The molecule has 0 bridgehead atoms. The van der Waals surface area contributed by atoms with Crippen LogP contribution in [0.15, 0.2) is 24.3 Å². The molecule has 1 aliphatic heterocycles. The number of likely N-dealkylation sites (tertiary alicyclic amines) is 1. The van der Waals surface area contributed by atoms with E-state index in [9.17, 15) is 4.39 Å². The smallest absolute Gasteiger partial charge is 0.140 e. The predicted octanol–water partition coefficient (Wildman–Crippen LogP) is 3.11. The molecule has 4 nitrogen and oxygen atoms in total. The topological polar surface area (TPSA) is 55.7 Å². The molecule has 114 valence electrons. The molecule has 1 aromatic carbocycles. The molecule has 1 atom stereocenters. The number of aryl methyl sites for hydroxylation is 1. The van der Waals surface area contributed by atoms with Gasteiger partial charge in [-0.1, -0.05) is 6.07 Å². The van der Waals surface area contributed by atoms with Gasteiger partial charge in [0.05, 0.1) is 11.3 Å². The summed E-state index contributed by atoms with van der Waals surface area (Å²) in [5, 5.41) is 16.3.